The van der Waals surface area contributed by atoms with Crippen LogP contribution in [0.2, 0.25) is 0 Å². The van der Waals surface area contributed by atoms with Crippen LogP contribution in [0.15, 0.2) is 36.4 Å². The topological polar surface area (TPSA) is 36.9 Å². The molecule has 23 heavy (non-hydrogen) atoms. The zero-order valence-electron chi connectivity index (χ0n) is 13.6. The molecule has 1 heterocycles. The van der Waals surface area contributed by atoms with Crippen LogP contribution >= 0.6 is 0 Å². The van der Waals surface area contributed by atoms with Crippen molar-refractivity contribution in [2.45, 2.75) is 25.7 Å². The lowest BCUT2D eigenvalue weighted by Crippen LogP contribution is -1.94. The van der Waals surface area contributed by atoms with Crippen molar-refractivity contribution in [3.05, 3.63) is 47.5 Å². The smallest absolute Gasteiger partial charge is 0.231 e. The van der Waals surface area contributed by atoms with Gasteiger partial charge >= 0.3 is 0 Å². The molecule has 0 N–H and O–H groups in total. The van der Waals surface area contributed by atoms with Crippen molar-refractivity contribution in [2.24, 2.45) is 0 Å². The van der Waals surface area contributed by atoms with E-state index in [0.29, 0.717) is 6.79 Å². The molecule has 2 aromatic carbocycles. The van der Waals surface area contributed by atoms with E-state index in [9.17, 15) is 0 Å². The monoisotopic (exact) mass is 314 g/mol. The SMILES string of the molecule is COc1ccc(CCCCc2ccc3c(c2)OCO3)cc1OC. The molecule has 0 amide bonds. The molecule has 0 atom stereocenters. The molecule has 4 nitrogen and oxygen atoms in total. The molecule has 0 aliphatic carbocycles. The van der Waals surface area contributed by atoms with E-state index in [1.54, 1.807) is 14.2 Å². The fourth-order valence-corrected chi connectivity index (χ4v) is 2.79. The summed E-state index contributed by atoms with van der Waals surface area (Å²) in [6.07, 6.45) is 4.34. The third-order valence-electron chi connectivity index (χ3n) is 4.07. The number of benzene rings is 2. The van der Waals surface area contributed by atoms with Crippen molar-refractivity contribution in [3.63, 3.8) is 0 Å². The van der Waals surface area contributed by atoms with Crippen molar-refractivity contribution in [1.29, 1.82) is 0 Å². The standard InChI is InChI=1S/C19H22O4/c1-20-16-9-7-14(11-18(16)21-2)5-3-4-6-15-8-10-17-19(12-15)23-13-22-17/h7-12H,3-6,13H2,1-2H3. The summed E-state index contributed by atoms with van der Waals surface area (Å²) in [5.41, 5.74) is 2.56. The highest BCUT2D eigenvalue weighted by Gasteiger charge is 2.12. The third-order valence-corrected chi connectivity index (χ3v) is 4.07. The summed E-state index contributed by atoms with van der Waals surface area (Å²) >= 11 is 0. The van der Waals surface area contributed by atoms with Gasteiger partial charge in [-0.05, 0) is 61.1 Å². The number of methoxy groups -OCH3 is 2. The van der Waals surface area contributed by atoms with Gasteiger partial charge in [0.25, 0.3) is 0 Å². The Kier molecular flexibility index (Phi) is 4.91. The average molecular weight is 314 g/mol. The Balaban J connectivity index is 1.50. The fourth-order valence-electron chi connectivity index (χ4n) is 2.79. The van der Waals surface area contributed by atoms with E-state index in [4.69, 9.17) is 18.9 Å². The molecule has 0 unspecified atom stereocenters. The van der Waals surface area contributed by atoms with E-state index in [1.807, 2.05) is 12.1 Å². The van der Waals surface area contributed by atoms with Crippen LogP contribution in [-0.4, -0.2) is 21.0 Å². The molecular weight excluding hydrogens is 292 g/mol. The second-order valence-corrected chi connectivity index (χ2v) is 5.58. The summed E-state index contributed by atoms with van der Waals surface area (Å²) in [5, 5.41) is 0. The Morgan fingerprint density at radius 2 is 1.43 bits per heavy atom. The van der Waals surface area contributed by atoms with Crippen molar-refractivity contribution < 1.29 is 18.9 Å². The van der Waals surface area contributed by atoms with Gasteiger partial charge in [0.05, 0.1) is 14.2 Å². The first-order valence-electron chi connectivity index (χ1n) is 7.89. The van der Waals surface area contributed by atoms with Crippen LogP contribution in [0.1, 0.15) is 24.0 Å². The van der Waals surface area contributed by atoms with E-state index in [-0.39, 0.29) is 0 Å². The summed E-state index contributed by atoms with van der Waals surface area (Å²) in [6.45, 7) is 0.331. The van der Waals surface area contributed by atoms with Gasteiger partial charge in [0.1, 0.15) is 0 Å². The van der Waals surface area contributed by atoms with Gasteiger partial charge < -0.3 is 18.9 Å². The molecule has 2 aromatic rings. The largest absolute Gasteiger partial charge is 0.493 e. The Morgan fingerprint density at radius 1 is 0.783 bits per heavy atom. The second kappa shape index (κ2) is 7.27. The van der Waals surface area contributed by atoms with Crippen LogP contribution in [0.4, 0.5) is 0 Å². The number of hydrogen-bond donors (Lipinski definition) is 0. The maximum atomic E-state index is 5.41. The van der Waals surface area contributed by atoms with E-state index >= 15 is 0 Å². The van der Waals surface area contributed by atoms with Gasteiger partial charge in [-0.25, -0.2) is 0 Å². The summed E-state index contributed by atoms with van der Waals surface area (Å²) in [4.78, 5) is 0. The van der Waals surface area contributed by atoms with Crippen molar-refractivity contribution in [2.75, 3.05) is 21.0 Å². The molecule has 0 aromatic heterocycles. The normalized spacial score (nSPS) is 12.3. The molecule has 4 heteroatoms. The van der Waals surface area contributed by atoms with E-state index in [1.165, 1.54) is 11.1 Å². The van der Waals surface area contributed by atoms with Gasteiger partial charge in [-0.1, -0.05) is 12.1 Å². The fraction of sp³-hybridized carbons (Fsp3) is 0.368. The molecule has 1 aliphatic rings. The maximum Gasteiger partial charge on any atom is 0.231 e. The molecule has 122 valence electrons. The number of unbranched alkanes of at least 4 members (excludes halogenated alkanes) is 1. The summed E-state index contributed by atoms with van der Waals surface area (Å²) < 4.78 is 21.4. The Labute approximate surface area is 136 Å². The van der Waals surface area contributed by atoms with Gasteiger partial charge in [-0.2, -0.15) is 0 Å². The van der Waals surface area contributed by atoms with E-state index in [2.05, 4.69) is 24.3 Å². The van der Waals surface area contributed by atoms with Crippen molar-refractivity contribution >= 4 is 0 Å². The zero-order valence-corrected chi connectivity index (χ0v) is 13.6. The van der Waals surface area contributed by atoms with Crippen LogP contribution in [0.3, 0.4) is 0 Å². The second-order valence-electron chi connectivity index (χ2n) is 5.58. The Morgan fingerprint density at radius 3 is 2.17 bits per heavy atom. The lowest BCUT2D eigenvalue weighted by Gasteiger charge is -2.09. The number of ether oxygens (including phenoxy) is 4. The predicted molar refractivity (Wildman–Crippen MR) is 88.8 cm³/mol. The molecule has 1 aliphatic heterocycles. The van der Waals surface area contributed by atoms with Crippen LogP contribution in [0, 0.1) is 0 Å². The summed E-state index contributed by atoms with van der Waals surface area (Å²) in [5.74, 6) is 3.28. The van der Waals surface area contributed by atoms with E-state index in [0.717, 1.165) is 48.7 Å². The number of aryl methyl sites for hydroxylation is 2. The molecule has 0 spiro atoms. The molecule has 0 radical (unpaired) electrons. The lowest BCUT2D eigenvalue weighted by atomic mass is 10.0. The molecule has 0 fully saturated rings. The minimum absolute atomic E-state index is 0.331. The highest BCUT2D eigenvalue weighted by Crippen LogP contribution is 2.33. The van der Waals surface area contributed by atoms with Gasteiger partial charge in [-0.3, -0.25) is 0 Å². The highest BCUT2D eigenvalue weighted by atomic mass is 16.7. The first kappa shape index (κ1) is 15.5. The van der Waals surface area contributed by atoms with Gasteiger partial charge in [0.15, 0.2) is 23.0 Å². The number of fused-ring (bicyclic) bond motifs is 1. The highest BCUT2D eigenvalue weighted by molar-refractivity contribution is 5.44. The lowest BCUT2D eigenvalue weighted by molar-refractivity contribution is 0.174. The molecule has 0 bridgehead atoms. The Bertz CT molecular complexity index is 666. The minimum atomic E-state index is 0.331. The maximum absolute atomic E-state index is 5.41. The number of rotatable bonds is 7. The van der Waals surface area contributed by atoms with Crippen LogP contribution in [0.25, 0.3) is 0 Å². The predicted octanol–water partition coefficient (Wildman–Crippen LogP) is 4.00. The molecule has 0 saturated carbocycles. The van der Waals surface area contributed by atoms with Gasteiger partial charge in [0, 0.05) is 0 Å². The molecule has 3 rings (SSSR count). The minimum Gasteiger partial charge on any atom is -0.493 e. The van der Waals surface area contributed by atoms with Crippen LogP contribution < -0.4 is 18.9 Å². The zero-order chi connectivity index (χ0) is 16.1. The van der Waals surface area contributed by atoms with Crippen LogP contribution in [0.5, 0.6) is 23.0 Å². The van der Waals surface area contributed by atoms with E-state index < -0.39 is 0 Å². The number of hydrogen-bond acceptors (Lipinski definition) is 4. The average Bonchev–Trinajstić information content (AvgIpc) is 3.06. The third kappa shape index (κ3) is 3.70. The first-order chi connectivity index (χ1) is 11.3. The van der Waals surface area contributed by atoms with Crippen molar-refractivity contribution in [3.8, 4) is 23.0 Å². The quantitative estimate of drug-likeness (QED) is 0.724. The van der Waals surface area contributed by atoms with Crippen molar-refractivity contribution in [1.82, 2.24) is 0 Å². The first-order valence-corrected chi connectivity index (χ1v) is 7.89. The van der Waals surface area contributed by atoms with Gasteiger partial charge in [0.2, 0.25) is 6.79 Å². The summed E-state index contributed by atoms with van der Waals surface area (Å²) in [6, 6.07) is 12.3. The molecular formula is C19H22O4. The van der Waals surface area contributed by atoms with Gasteiger partial charge in [-0.15, -0.1) is 0 Å². The van der Waals surface area contributed by atoms with Crippen LogP contribution in [-0.2, 0) is 12.8 Å². The Hall–Kier alpha value is -2.36. The molecule has 0 saturated heterocycles. The summed E-state index contributed by atoms with van der Waals surface area (Å²) in [7, 11) is 3.32.